The second kappa shape index (κ2) is 4.94. The van der Waals surface area contributed by atoms with Crippen LogP contribution in [0.15, 0.2) is 0 Å². The second-order valence-electron chi connectivity index (χ2n) is 6.01. The highest BCUT2D eigenvalue weighted by Crippen LogP contribution is 2.21. The summed E-state index contributed by atoms with van der Waals surface area (Å²) >= 11 is 0. The van der Waals surface area contributed by atoms with E-state index in [0.29, 0.717) is 6.42 Å². The van der Waals surface area contributed by atoms with Crippen molar-refractivity contribution in [1.29, 1.82) is 5.26 Å². The quantitative estimate of drug-likeness (QED) is 0.638. The molecule has 2 unspecified atom stereocenters. The molecule has 2 amide bonds. The number of nitrogens with zero attached hydrogens (tertiary/aromatic N) is 1. The number of hydrogen-bond donors (Lipinski definition) is 3. The summed E-state index contributed by atoms with van der Waals surface area (Å²) in [7, 11) is 0. The molecule has 0 bridgehead atoms. The van der Waals surface area contributed by atoms with E-state index in [2.05, 4.69) is 10.6 Å². The van der Waals surface area contributed by atoms with Gasteiger partial charge in [0.25, 0.3) is 0 Å². The molecule has 0 spiro atoms. The lowest BCUT2D eigenvalue weighted by Gasteiger charge is -2.26. The molecule has 0 aliphatic carbocycles. The zero-order chi connectivity index (χ0) is 14.0. The van der Waals surface area contributed by atoms with Gasteiger partial charge in [0.05, 0.1) is 25.1 Å². The van der Waals surface area contributed by atoms with Crippen LogP contribution in [0.25, 0.3) is 0 Å². The van der Waals surface area contributed by atoms with Crippen LogP contribution in [0.3, 0.4) is 0 Å². The molecule has 18 heavy (non-hydrogen) atoms. The maximum Gasteiger partial charge on any atom is 0.238 e. The second-order valence-corrected chi connectivity index (χ2v) is 6.01. The summed E-state index contributed by atoms with van der Waals surface area (Å²) in [5.74, 6) is -0.621. The molecule has 1 aliphatic heterocycles. The Kier molecular flexibility index (Phi) is 3.97. The predicted molar refractivity (Wildman–Crippen MR) is 66.2 cm³/mol. The Bertz CT molecular complexity index is 394. The first-order valence-electron chi connectivity index (χ1n) is 5.93. The molecule has 1 aliphatic rings. The Balaban J connectivity index is 2.64. The Morgan fingerprint density at radius 1 is 1.67 bits per heavy atom. The van der Waals surface area contributed by atoms with E-state index in [1.54, 1.807) is 0 Å². The Hall–Kier alpha value is -1.61. The Morgan fingerprint density at radius 2 is 2.28 bits per heavy atom. The van der Waals surface area contributed by atoms with Crippen LogP contribution in [0.2, 0.25) is 0 Å². The van der Waals surface area contributed by atoms with E-state index in [0.717, 1.165) is 0 Å². The number of nitrogens with two attached hydrogens (primary N) is 1. The first kappa shape index (κ1) is 14.5. The van der Waals surface area contributed by atoms with E-state index < -0.39 is 11.6 Å². The minimum atomic E-state index is -1.15. The lowest BCUT2D eigenvalue weighted by atomic mass is 9.87. The molecule has 0 radical (unpaired) electrons. The monoisotopic (exact) mass is 252 g/mol. The highest BCUT2D eigenvalue weighted by atomic mass is 16.2. The number of carbonyl (C=O) groups is 2. The molecule has 6 heteroatoms. The van der Waals surface area contributed by atoms with Gasteiger partial charge in [-0.3, -0.25) is 9.59 Å². The van der Waals surface area contributed by atoms with Gasteiger partial charge in [0.1, 0.15) is 0 Å². The lowest BCUT2D eigenvalue weighted by molar-refractivity contribution is -0.124. The molecule has 1 rings (SSSR count). The Labute approximate surface area is 107 Å². The maximum absolute atomic E-state index is 11.9. The molecule has 4 N–H and O–H groups in total. The van der Waals surface area contributed by atoms with Crippen LogP contribution < -0.4 is 16.4 Å². The van der Waals surface area contributed by atoms with E-state index in [4.69, 9.17) is 11.0 Å². The molecule has 1 saturated heterocycles. The average molecular weight is 252 g/mol. The fourth-order valence-corrected chi connectivity index (χ4v) is 1.92. The molecule has 0 aromatic heterocycles. The summed E-state index contributed by atoms with van der Waals surface area (Å²) in [4.78, 5) is 23.1. The van der Waals surface area contributed by atoms with Gasteiger partial charge < -0.3 is 16.4 Å². The number of rotatable bonds is 3. The zero-order valence-electron chi connectivity index (χ0n) is 11.0. The largest absolute Gasteiger partial charge is 0.353 e. The molecule has 0 saturated carbocycles. The van der Waals surface area contributed by atoms with E-state index in [1.807, 2.05) is 26.8 Å². The first-order valence-corrected chi connectivity index (χ1v) is 5.93. The third kappa shape index (κ3) is 3.70. The highest BCUT2D eigenvalue weighted by Gasteiger charge is 2.41. The summed E-state index contributed by atoms with van der Waals surface area (Å²) in [6.07, 6.45) is 0.499. The summed E-state index contributed by atoms with van der Waals surface area (Å²) < 4.78 is 0. The zero-order valence-corrected chi connectivity index (χ0v) is 11.0. The predicted octanol–water partition coefficient (Wildman–Crippen LogP) is -0.352. The van der Waals surface area contributed by atoms with Crippen molar-refractivity contribution in [1.82, 2.24) is 10.6 Å². The minimum absolute atomic E-state index is 0.0164. The van der Waals surface area contributed by atoms with Crippen molar-refractivity contribution in [3.63, 3.8) is 0 Å². The van der Waals surface area contributed by atoms with Gasteiger partial charge in [-0.1, -0.05) is 20.8 Å². The van der Waals surface area contributed by atoms with Crippen LogP contribution >= 0.6 is 0 Å². The van der Waals surface area contributed by atoms with Crippen LogP contribution in [-0.4, -0.2) is 29.9 Å². The Morgan fingerprint density at radius 3 is 2.67 bits per heavy atom. The maximum atomic E-state index is 11.9. The van der Waals surface area contributed by atoms with Gasteiger partial charge in [-0.2, -0.15) is 5.26 Å². The number of hydrogen-bond acceptors (Lipinski definition) is 4. The summed E-state index contributed by atoms with van der Waals surface area (Å²) in [5, 5.41) is 14.2. The van der Waals surface area contributed by atoms with E-state index in [-0.39, 0.29) is 30.2 Å². The molecular weight excluding hydrogens is 232 g/mol. The van der Waals surface area contributed by atoms with Crippen molar-refractivity contribution in [2.75, 3.05) is 6.54 Å². The van der Waals surface area contributed by atoms with Crippen molar-refractivity contribution in [2.45, 2.75) is 45.2 Å². The van der Waals surface area contributed by atoms with Crippen LogP contribution in [0.1, 0.15) is 33.6 Å². The SMILES string of the molecule is CC(C)(C)CC(N)C(=O)NC1(C#N)CNC(=O)C1. The van der Waals surface area contributed by atoms with E-state index >= 15 is 0 Å². The van der Waals surface area contributed by atoms with Crippen LogP contribution in [0, 0.1) is 16.7 Å². The number of nitrogens with one attached hydrogen (secondary N) is 2. The molecule has 2 atom stereocenters. The molecule has 1 heterocycles. The normalized spacial score (nSPS) is 25.2. The molecule has 1 fully saturated rings. The van der Waals surface area contributed by atoms with Crippen molar-refractivity contribution in [3.05, 3.63) is 0 Å². The van der Waals surface area contributed by atoms with Crippen molar-refractivity contribution >= 4 is 11.8 Å². The molecule has 6 nitrogen and oxygen atoms in total. The fourth-order valence-electron chi connectivity index (χ4n) is 1.92. The smallest absolute Gasteiger partial charge is 0.238 e. The number of amides is 2. The van der Waals surface area contributed by atoms with E-state index in [9.17, 15) is 9.59 Å². The molecule has 0 aromatic rings. The van der Waals surface area contributed by atoms with Gasteiger partial charge in [-0.05, 0) is 11.8 Å². The number of nitriles is 1. The van der Waals surface area contributed by atoms with Gasteiger partial charge in [0.2, 0.25) is 11.8 Å². The van der Waals surface area contributed by atoms with E-state index in [1.165, 1.54) is 0 Å². The van der Waals surface area contributed by atoms with Gasteiger partial charge in [-0.25, -0.2) is 0 Å². The van der Waals surface area contributed by atoms with Gasteiger partial charge >= 0.3 is 0 Å². The van der Waals surface area contributed by atoms with Crippen molar-refractivity contribution in [2.24, 2.45) is 11.1 Å². The van der Waals surface area contributed by atoms with Crippen LogP contribution in [0.4, 0.5) is 0 Å². The lowest BCUT2D eigenvalue weighted by Crippen LogP contribution is -2.54. The van der Waals surface area contributed by atoms with Gasteiger partial charge in [-0.15, -0.1) is 0 Å². The highest BCUT2D eigenvalue weighted by molar-refractivity contribution is 5.86. The first-order chi connectivity index (χ1) is 8.17. The topological polar surface area (TPSA) is 108 Å². The third-order valence-corrected chi connectivity index (χ3v) is 2.80. The summed E-state index contributed by atoms with van der Waals surface area (Å²) in [6.45, 7) is 6.10. The molecule has 100 valence electrons. The van der Waals surface area contributed by atoms with Gasteiger partial charge in [0.15, 0.2) is 5.54 Å². The van der Waals surface area contributed by atoms with Crippen LogP contribution in [0.5, 0.6) is 0 Å². The number of carbonyl (C=O) groups excluding carboxylic acids is 2. The van der Waals surface area contributed by atoms with Gasteiger partial charge in [0, 0.05) is 0 Å². The standard InChI is InChI=1S/C12H20N4O2/c1-11(2,3)4-8(14)10(18)16-12(6-13)5-9(17)15-7-12/h8H,4-5,7,14H2,1-3H3,(H,15,17)(H,16,18). The van der Waals surface area contributed by atoms with Crippen molar-refractivity contribution < 1.29 is 9.59 Å². The molecular formula is C12H20N4O2. The molecule has 0 aromatic carbocycles. The summed E-state index contributed by atoms with van der Waals surface area (Å²) in [5.41, 5.74) is 4.58. The fraction of sp³-hybridized carbons (Fsp3) is 0.750. The average Bonchev–Trinajstić information content (AvgIpc) is 2.58. The minimum Gasteiger partial charge on any atom is -0.353 e. The summed E-state index contributed by atoms with van der Waals surface area (Å²) in [6, 6.07) is 1.31. The van der Waals surface area contributed by atoms with Crippen molar-refractivity contribution in [3.8, 4) is 6.07 Å². The van der Waals surface area contributed by atoms with Crippen LogP contribution in [-0.2, 0) is 9.59 Å². The third-order valence-electron chi connectivity index (χ3n) is 2.80.